The molecule has 1 aromatic heterocycles. The molecule has 0 atom stereocenters. The molecule has 0 radical (unpaired) electrons. The van der Waals surface area contributed by atoms with E-state index in [1.165, 1.54) is 56.5 Å². The number of rotatable bonds is 9. The molecule has 0 bridgehead atoms. The predicted molar refractivity (Wildman–Crippen MR) is 94.3 cm³/mol. The van der Waals surface area contributed by atoms with Gasteiger partial charge in [0.05, 0.1) is 0 Å². The smallest absolute Gasteiger partial charge is 0.0397 e. The van der Waals surface area contributed by atoms with Crippen molar-refractivity contribution in [2.24, 2.45) is 0 Å². The molecule has 2 rings (SSSR count). The Balaban J connectivity index is 1.53. The molecule has 3 nitrogen and oxygen atoms in total. The summed E-state index contributed by atoms with van der Waals surface area (Å²) in [6, 6.07) is 4.94. The van der Waals surface area contributed by atoms with Gasteiger partial charge in [0.15, 0.2) is 0 Å². The average molecular weight is 308 g/mol. The first-order chi connectivity index (χ1) is 10.4. The maximum absolute atomic E-state index is 4.09. The highest BCUT2D eigenvalue weighted by molar-refractivity contribution is 7.98. The molecule has 1 N–H and O–H groups in total. The van der Waals surface area contributed by atoms with Crippen LogP contribution < -0.4 is 10.2 Å². The Morgan fingerprint density at radius 3 is 2.57 bits per heavy atom. The van der Waals surface area contributed by atoms with Crippen LogP contribution in [0.2, 0.25) is 0 Å². The van der Waals surface area contributed by atoms with E-state index < -0.39 is 0 Å². The summed E-state index contributed by atoms with van der Waals surface area (Å²) >= 11 is 1.96. The van der Waals surface area contributed by atoms with Gasteiger partial charge in [-0.2, -0.15) is 11.8 Å². The second-order valence-corrected chi connectivity index (χ2v) is 6.81. The quantitative estimate of drug-likeness (QED) is 0.706. The van der Waals surface area contributed by atoms with Crippen LogP contribution in [0, 0.1) is 0 Å². The maximum atomic E-state index is 4.09. The summed E-state index contributed by atoms with van der Waals surface area (Å²) in [5.74, 6) is 1.32. The number of aromatic nitrogens is 1. The maximum Gasteiger partial charge on any atom is 0.0397 e. The summed E-state index contributed by atoms with van der Waals surface area (Å²) in [6.07, 6.45) is 14.0. The van der Waals surface area contributed by atoms with E-state index in [4.69, 9.17) is 0 Å². The Hall–Kier alpha value is -0.740. The number of nitrogens with one attached hydrogen (secondary N) is 1. The third kappa shape index (κ3) is 6.27. The topological polar surface area (TPSA) is 28.2 Å². The Labute approximate surface area is 133 Å². The highest BCUT2D eigenvalue weighted by Gasteiger charge is 2.18. The van der Waals surface area contributed by atoms with Gasteiger partial charge in [0.2, 0.25) is 0 Å². The molecule has 0 saturated carbocycles. The Morgan fingerprint density at radius 1 is 1.14 bits per heavy atom. The summed E-state index contributed by atoms with van der Waals surface area (Å²) in [4.78, 5) is 6.57. The first-order valence-electron chi connectivity index (χ1n) is 8.27. The molecule has 1 aliphatic heterocycles. The van der Waals surface area contributed by atoms with E-state index in [1.807, 2.05) is 24.2 Å². The molecule has 0 aromatic carbocycles. The monoisotopic (exact) mass is 307 g/mol. The Morgan fingerprint density at radius 2 is 1.86 bits per heavy atom. The van der Waals surface area contributed by atoms with E-state index >= 15 is 0 Å². The van der Waals surface area contributed by atoms with Gasteiger partial charge in [-0.3, -0.25) is 4.98 Å². The molecule has 118 valence electrons. The lowest BCUT2D eigenvalue weighted by Crippen LogP contribution is -2.42. The van der Waals surface area contributed by atoms with Crippen molar-refractivity contribution in [3.05, 3.63) is 24.5 Å². The van der Waals surface area contributed by atoms with Crippen LogP contribution in [0.25, 0.3) is 0 Å². The zero-order valence-electron chi connectivity index (χ0n) is 13.3. The number of nitrogens with zero attached hydrogens (tertiary/aromatic N) is 2. The molecular formula is C17H29N3S. The standard InChI is InChI=1S/C17H29N3S/c1-21-15-5-3-2-4-10-19-16-8-13-20(14-9-16)17-6-11-18-12-7-17/h6-7,11-12,16,19H,2-5,8-10,13-15H2,1H3. The van der Waals surface area contributed by atoms with E-state index in [2.05, 4.69) is 33.6 Å². The lowest BCUT2D eigenvalue weighted by molar-refractivity contribution is 0.409. The molecule has 4 heteroatoms. The lowest BCUT2D eigenvalue weighted by Gasteiger charge is -2.34. The molecule has 1 fully saturated rings. The fourth-order valence-electron chi connectivity index (χ4n) is 2.93. The molecular weight excluding hydrogens is 278 g/mol. The van der Waals surface area contributed by atoms with Crippen molar-refractivity contribution >= 4 is 17.4 Å². The zero-order valence-corrected chi connectivity index (χ0v) is 14.1. The molecule has 1 aromatic rings. The number of unbranched alkanes of at least 4 members (excludes halogenated alkanes) is 3. The molecule has 0 unspecified atom stereocenters. The van der Waals surface area contributed by atoms with Gasteiger partial charge in [0.25, 0.3) is 0 Å². The minimum atomic E-state index is 0.717. The first-order valence-corrected chi connectivity index (χ1v) is 9.67. The van der Waals surface area contributed by atoms with Crippen molar-refractivity contribution in [2.75, 3.05) is 36.5 Å². The number of piperidine rings is 1. The number of pyridine rings is 1. The van der Waals surface area contributed by atoms with Crippen molar-refractivity contribution < 1.29 is 0 Å². The van der Waals surface area contributed by atoms with E-state index in [0.29, 0.717) is 6.04 Å². The van der Waals surface area contributed by atoms with Gasteiger partial charge in [-0.05, 0) is 56.4 Å². The van der Waals surface area contributed by atoms with Gasteiger partial charge in [0.1, 0.15) is 0 Å². The van der Waals surface area contributed by atoms with Crippen molar-refractivity contribution in [2.45, 2.75) is 44.6 Å². The van der Waals surface area contributed by atoms with Crippen LogP contribution in [0.15, 0.2) is 24.5 Å². The molecule has 0 spiro atoms. The third-order valence-electron chi connectivity index (χ3n) is 4.23. The molecule has 0 aliphatic carbocycles. The third-order valence-corrected chi connectivity index (χ3v) is 4.93. The van der Waals surface area contributed by atoms with Gasteiger partial charge in [0, 0.05) is 37.2 Å². The van der Waals surface area contributed by atoms with E-state index in [9.17, 15) is 0 Å². The molecule has 1 aliphatic rings. The van der Waals surface area contributed by atoms with Gasteiger partial charge in [-0.15, -0.1) is 0 Å². The summed E-state index contributed by atoms with van der Waals surface area (Å²) in [5.41, 5.74) is 1.32. The number of anilines is 1. The highest BCUT2D eigenvalue weighted by atomic mass is 32.2. The molecule has 0 amide bonds. The molecule has 2 heterocycles. The van der Waals surface area contributed by atoms with Crippen LogP contribution >= 0.6 is 11.8 Å². The van der Waals surface area contributed by atoms with Crippen LogP contribution in [-0.2, 0) is 0 Å². The second kappa shape index (κ2) is 10.1. The fourth-order valence-corrected chi connectivity index (χ4v) is 3.42. The van der Waals surface area contributed by atoms with Crippen molar-refractivity contribution in [3.63, 3.8) is 0 Å². The fraction of sp³-hybridized carbons (Fsp3) is 0.706. The second-order valence-electron chi connectivity index (χ2n) is 5.83. The minimum Gasteiger partial charge on any atom is -0.371 e. The Kier molecular flexibility index (Phi) is 7.97. The summed E-state index contributed by atoms with van der Waals surface area (Å²) in [6.45, 7) is 3.52. The van der Waals surface area contributed by atoms with Crippen LogP contribution in [0.5, 0.6) is 0 Å². The largest absolute Gasteiger partial charge is 0.371 e. The highest BCUT2D eigenvalue weighted by Crippen LogP contribution is 2.18. The van der Waals surface area contributed by atoms with Crippen LogP contribution in [0.3, 0.4) is 0 Å². The average Bonchev–Trinajstić information content (AvgIpc) is 2.55. The van der Waals surface area contributed by atoms with E-state index in [0.717, 1.165) is 13.1 Å². The van der Waals surface area contributed by atoms with Crippen molar-refractivity contribution in [1.29, 1.82) is 0 Å². The van der Waals surface area contributed by atoms with Gasteiger partial charge >= 0.3 is 0 Å². The number of thioether (sulfide) groups is 1. The molecule has 1 saturated heterocycles. The lowest BCUT2D eigenvalue weighted by atomic mass is 10.0. The van der Waals surface area contributed by atoms with Gasteiger partial charge in [-0.25, -0.2) is 0 Å². The van der Waals surface area contributed by atoms with Crippen LogP contribution in [0.4, 0.5) is 5.69 Å². The first kappa shape index (κ1) is 16.6. The molecule has 21 heavy (non-hydrogen) atoms. The SMILES string of the molecule is CSCCCCCCNC1CCN(c2ccncc2)CC1. The van der Waals surface area contributed by atoms with Crippen LogP contribution in [-0.4, -0.2) is 42.7 Å². The normalized spacial score (nSPS) is 16.3. The van der Waals surface area contributed by atoms with Gasteiger partial charge < -0.3 is 10.2 Å². The predicted octanol–water partition coefficient (Wildman–Crippen LogP) is 3.56. The van der Waals surface area contributed by atoms with Crippen molar-refractivity contribution in [3.8, 4) is 0 Å². The Bertz CT molecular complexity index is 364. The summed E-state index contributed by atoms with van der Waals surface area (Å²) in [5, 5.41) is 3.74. The number of hydrogen-bond acceptors (Lipinski definition) is 4. The number of hydrogen-bond donors (Lipinski definition) is 1. The minimum absolute atomic E-state index is 0.717. The van der Waals surface area contributed by atoms with E-state index in [-0.39, 0.29) is 0 Å². The zero-order chi connectivity index (χ0) is 14.8. The van der Waals surface area contributed by atoms with E-state index in [1.54, 1.807) is 0 Å². The van der Waals surface area contributed by atoms with Crippen molar-refractivity contribution in [1.82, 2.24) is 10.3 Å². The summed E-state index contributed by atoms with van der Waals surface area (Å²) in [7, 11) is 0. The summed E-state index contributed by atoms with van der Waals surface area (Å²) < 4.78 is 0. The van der Waals surface area contributed by atoms with Crippen LogP contribution in [0.1, 0.15) is 38.5 Å². The van der Waals surface area contributed by atoms with Gasteiger partial charge in [-0.1, -0.05) is 12.8 Å².